The fourth-order valence-corrected chi connectivity index (χ4v) is 4.59. The highest BCUT2D eigenvalue weighted by Crippen LogP contribution is 2.33. The molecule has 0 aliphatic carbocycles. The molecule has 2 aliphatic rings. The average molecular weight is 388 g/mol. The zero-order valence-electron chi connectivity index (χ0n) is 15.7. The Morgan fingerprint density at radius 1 is 1.15 bits per heavy atom. The number of hydrogen-bond acceptors (Lipinski definition) is 4. The molecule has 1 aromatic heterocycles. The predicted molar refractivity (Wildman–Crippen MR) is 105 cm³/mol. The first-order chi connectivity index (χ1) is 13.1. The molecule has 6 heteroatoms. The van der Waals surface area contributed by atoms with Gasteiger partial charge in [-0.3, -0.25) is 9.69 Å². The molecule has 1 aromatic carbocycles. The van der Waals surface area contributed by atoms with Crippen LogP contribution in [-0.4, -0.2) is 46.9 Å². The van der Waals surface area contributed by atoms with Crippen molar-refractivity contribution >= 4 is 17.5 Å². The second-order valence-corrected chi connectivity index (χ2v) is 8.24. The topological polar surface area (TPSA) is 49.6 Å². The van der Waals surface area contributed by atoms with Gasteiger partial charge in [-0.15, -0.1) is 0 Å². The van der Waals surface area contributed by atoms with Gasteiger partial charge < -0.3 is 9.32 Å². The molecule has 27 heavy (non-hydrogen) atoms. The highest BCUT2D eigenvalue weighted by atomic mass is 35.5. The summed E-state index contributed by atoms with van der Waals surface area (Å²) in [5.74, 6) is 1.82. The predicted octanol–water partition coefficient (Wildman–Crippen LogP) is 4.01. The molecule has 2 saturated heterocycles. The first kappa shape index (κ1) is 18.5. The van der Waals surface area contributed by atoms with E-state index in [2.05, 4.69) is 22.0 Å². The molecular formula is C21H26ClN3O2. The third-order valence-electron chi connectivity index (χ3n) is 6.06. The van der Waals surface area contributed by atoms with E-state index < -0.39 is 0 Å². The van der Waals surface area contributed by atoms with E-state index in [4.69, 9.17) is 16.0 Å². The van der Waals surface area contributed by atoms with Crippen LogP contribution in [0.15, 0.2) is 35.1 Å². The van der Waals surface area contributed by atoms with Crippen molar-refractivity contribution in [1.82, 2.24) is 14.8 Å². The van der Waals surface area contributed by atoms with Crippen molar-refractivity contribution in [3.63, 3.8) is 0 Å². The monoisotopic (exact) mass is 387 g/mol. The summed E-state index contributed by atoms with van der Waals surface area (Å²) in [7, 11) is 0. The summed E-state index contributed by atoms with van der Waals surface area (Å²) in [6.07, 6.45) is 4.77. The van der Waals surface area contributed by atoms with Gasteiger partial charge in [0.25, 0.3) is 5.91 Å². The van der Waals surface area contributed by atoms with Crippen LogP contribution >= 0.6 is 11.6 Å². The molecule has 4 rings (SSSR count). The average Bonchev–Trinajstić information content (AvgIpc) is 3.32. The molecule has 5 nitrogen and oxygen atoms in total. The Labute approximate surface area is 165 Å². The number of aryl methyl sites for hydroxylation is 1. The van der Waals surface area contributed by atoms with Crippen molar-refractivity contribution < 1.29 is 9.21 Å². The summed E-state index contributed by atoms with van der Waals surface area (Å²) in [4.78, 5) is 21.1. The minimum Gasteiger partial charge on any atom is -0.438 e. The quantitative estimate of drug-likeness (QED) is 0.795. The maximum absolute atomic E-state index is 12.6. The number of rotatable bonds is 4. The minimum absolute atomic E-state index is 0.0146. The van der Waals surface area contributed by atoms with Crippen LogP contribution in [0, 0.1) is 18.8 Å². The first-order valence-electron chi connectivity index (χ1n) is 9.76. The molecule has 0 saturated carbocycles. The number of halogens is 1. The lowest BCUT2D eigenvalue weighted by Crippen LogP contribution is -2.40. The SMILES string of the molecule is Cc1ncoc1C(=O)N1CCC([C@@H]2CCN(Cc3ccc(Cl)cc3)C2)CC1. The molecule has 2 aliphatic heterocycles. The van der Waals surface area contributed by atoms with Crippen molar-refractivity contribution in [2.45, 2.75) is 32.7 Å². The minimum atomic E-state index is -0.0146. The lowest BCUT2D eigenvalue weighted by Gasteiger charge is -2.34. The zero-order valence-corrected chi connectivity index (χ0v) is 16.5. The van der Waals surface area contributed by atoms with E-state index in [1.807, 2.05) is 24.0 Å². The Kier molecular flexibility index (Phi) is 5.50. The second kappa shape index (κ2) is 8.03. The van der Waals surface area contributed by atoms with Crippen LogP contribution in [0.4, 0.5) is 0 Å². The van der Waals surface area contributed by atoms with Crippen molar-refractivity contribution in [2.75, 3.05) is 26.2 Å². The molecule has 2 aromatic rings. The van der Waals surface area contributed by atoms with Crippen LogP contribution in [0.2, 0.25) is 5.02 Å². The summed E-state index contributed by atoms with van der Waals surface area (Å²) in [6.45, 7) is 6.76. The number of nitrogens with zero attached hydrogens (tertiary/aromatic N) is 3. The van der Waals surface area contributed by atoms with Crippen LogP contribution in [0.25, 0.3) is 0 Å². The zero-order chi connectivity index (χ0) is 18.8. The number of aromatic nitrogens is 1. The fraction of sp³-hybridized carbons (Fsp3) is 0.524. The molecule has 0 radical (unpaired) electrons. The largest absolute Gasteiger partial charge is 0.438 e. The Balaban J connectivity index is 1.27. The molecule has 0 N–H and O–H groups in total. The summed E-state index contributed by atoms with van der Waals surface area (Å²) in [6, 6.07) is 8.16. The number of amides is 1. The van der Waals surface area contributed by atoms with Crippen LogP contribution in [-0.2, 0) is 6.54 Å². The van der Waals surface area contributed by atoms with Crippen LogP contribution < -0.4 is 0 Å². The van der Waals surface area contributed by atoms with Crippen molar-refractivity contribution in [3.05, 3.63) is 52.7 Å². The molecule has 0 bridgehead atoms. The normalized spacial score (nSPS) is 21.7. The molecular weight excluding hydrogens is 362 g/mol. The van der Waals surface area contributed by atoms with Gasteiger partial charge in [0.05, 0.1) is 5.69 Å². The van der Waals surface area contributed by atoms with E-state index in [-0.39, 0.29) is 5.91 Å². The molecule has 0 unspecified atom stereocenters. The van der Waals surface area contributed by atoms with Gasteiger partial charge in [-0.2, -0.15) is 0 Å². The third-order valence-corrected chi connectivity index (χ3v) is 6.31. The van der Waals surface area contributed by atoms with E-state index in [0.29, 0.717) is 17.4 Å². The third kappa shape index (κ3) is 4.19. The van der Waals surface area contributed by atoms with Crippen molar-refractivity contribution in [3.8, 4) is 0 Å². The van der Waals surface area contributed by atoms with Gasteiger partial charge in [-0.1, -0.05) is 23.7 Å². The Hall–Kier alpha value is -1.85. The Bertz CT molecular complexity index is 781. The Morgan fingerprint density at radius 3 is 2.52 bits per heavy atom. The van der Waals surface area contributed by atoms with Crippen LogP contribution in [0.5, 0.6) is 0 Å². The van der Waals surface area contributed by atoms with Gasteiger partial charge in [0.15, 0.2) is 6.39 Å². The number of piperidine rings is 1. The first-order valence-corrected chi connectivity index (χ1v) is 10.1. The van der Waals surface area contributed by atoms with E-state index in [1.54, 1.807) is 0 Å². The van der Waals surface area contributed by atoms with Gasteiger partial charge in [0, 0.05) is 31.2 Å². The maximum Gasteiger partial charge on any atom is 0.291 e. The maximum atomic E-state index is 12.6. The lowest BCUT2D eigenvalue weighted by atomic mass is 9.83. The summed E-state index contributed by atoms with van der Waals surface area (Å²) >= 11 is 5.98. The summed E-state index contributed by atoms with van der Waals surface area (Å²) in [5.41, 5.74) is 2.00. The van der Waals surface area contributed by atoms with Gasteiger partial charge >= 0.3 is 0 Å². The van der Waals surface area contributed by atoms with Crippen LogP contribution in [0.1, 0.15) is 41.1 Å². The number of hydrogen-bond donors (Lipinski definition) is 0. The number of carbonyl (C=O) groups is 1. The summed E-state index contributed by atoms with van der Waals surface area (Å²) in [5, 5.41) is 0.792. The van der Waals surface area contributed by atoms with Crippen molar-refractivity contribution in [1.29, 1.82) is 0 Å². The standard InChI is InChI=1S/C21H26ClN3O2/c1-15-20(27-14-23-15)21(26)25-10-7-17(8-11-25)18-6-9-24(13-18)12-16-2-4-19(22)5-3-16/h2-5,14,17-18H,6-13H2,1H3/t18-/m1/s1. The second-order valence-electron chi connectivity index (χ2n) is 7.81. The number of oxazole rings is 1. The van der Waals surface area contributed by atoms with Crippen molar-refractivity contribution in [2.24, 2.45) is 11.8 Å². The van der Waals surface area contributed by atoms with Gasteiger partial charge in [-0.25, -0.2) is 4.98 Å². The Morgan fingerprint density at radius 2 is 1.85 bits per heavy atom. The highest BCUT2D eigenvalue weighted by Gasteiger charge is 2.33. The van der Waals surface area contributed by atoms with Gasteiger partial charge in [0.2, 0.25) is 5.76 Å². The molecule has 3 heterocycles. The van der Waals surface area contributed by atoms with Gasteiger partial charge in [0.1, 0.15) is 0 Å². The molecule has 1 atom stereocenters. The fourth-order valence-electron chi connectivity index (χ4n) is 4.46. The molecule has 0 spiro atoms. The lowest BCUT2D eigenvalue weighted by molar-refractivity contribution is 0.0626. The molecule has 144 valence electrons. The smallest absolute Gasteiger partial charge is 0.291 e. The number of benzene rings is 1. The van der Waals surface area contributed by atoms with Gasteiger partial charge in [-0.05, 0) is 62.3 Å². The van der Waals surface area contributed by atoms with E-state index in [1.165, 1.54) is 18.4 Å². The molecule has 1 amide bonds. The number of likely N-dealkylation sites (tertiary alicyclic amines) is 2. The van der Waals surface area contributed by atoms with E-state index in [0.717, 1.165) is 56.5 Å². The summed E-state index contributed by atoms with van der Waals surface area (Å²) < 4.78 is 5.27. The molecule has 2 fully saturated rings. The van der Waals surface area contributed by atoms with Crippen LogP contribution in [0.3, 0.4) is 0 Å². The van der Waals surface area contributed by atoms with E-state index in [9.17, 15) is 4.79 Å². The van der Waals surface area contributed by atoms with E-state index >= 15 is 0 Å². The number of carbonyl (C=O) groups excluding carboxylic acids is 1. The highest BCUT2D eigenvalue weighted by molar-refractivity contribution is 6.30.